The van der Waals surface area contributed by atoms with Crippen molar-refractivity contribution in [3.63, 3.8) is 0 Å². The minimum absolute atomic E-state index is 0.596. The normalized spacial score (nSPS) is 13.1. The fourth-order valence-electron chi connectivity index (χ4n) is 2.24. The van der Waals surface area contributed by atoms with Gasteiger partial charge in [0.2, 0.25) is 11.9 Å². The van der Waals surface area contributed by atoms with Crippen LogP contribution in [0.3, 0.4) is 0 Å². The van der Waals surface area contributed by atoms with Crippen molar-refractivity contribution in [1.29, 1.82) is 0 Å². The molecule has 2 aromatic heterocycles. The highest BCUT2D eigenvalue weighted by Gasteiger charge is 2.14. The van der Waals surface area contributed by atoms with Gasteiger partial charge in [0.15, 0.2) is 0 Å². The molecule has 0 unspecified atom stereocenters. The van der Waals surface area contributed by atoms with Crippen LogP contribution in [0.5, 0.6) is 0 Å². The molecule has 5 nitrogen and oxygen atoms in total. The molecule has 0 bridgehead atoms. The van der Waals surface area contributed by atoms with Gasteiger partial charge in [-0.3, -0.25) is 0 Å². The Morgan fingerprint density at radius 3 is 2.68 bits per heavy atom. The summed E-state index contributed by atoms with van der Waals surface area (Å²) in [6.07, 6.45) is 12.2. The van der Waals surface area contributed by atoms with Gasteiger partial charge in [-0.25, -0.2) is 0 Å². The van der Waals surface area contributed by atoms with Crippen LogP contribution in [0.1, 0.15) is 25.6 Å². The number of aromatic nitrogens is 3. The number of hydrogen-bond donors (Lipinski definition) is 2. The van der Waals surface area contributed by atoms with E-state index in [4.69, 9.17) is 0 Å². The van der Waals surface area contributed by atoms with E-state index in [-0.39, 0.29) is 0 Å². The van der Waals surface area contributed by atoms with E-state index in [1.807, 2.05) is 62.9 Å². The molecule has 2 aromatic rings. The first-order valence-electron chi connectivity index (χ1n) is 8.27. The van der Waals surface area contributed by atoms with E-state index >= 15 is 0 Å². The van der Waals surface area contributed by atoms with Gasteiger partial charge in [0.25, 0.3) is 0 Å². The third-order valence-electron chi connectivity index (χ3n) is 3.54. The quantitative estimate of drug-likeness (QED) is 0.669. The highest BCUT2D eigenvalue weighted by atomic mass is 32.1. The number of thiophene rings is 1. The lowest BCUT2D eigenvalue weighted by Gasteiger charge is -2.07. The summed E-state index contributed by atoms with van der Waals surface area (Å²) in [5.41, 5.74) is 2.18. The molecule has 0 atom stereocenters. The summed E-state index contributed by atoms with van der Waals surface area (Å²) in [6.45, 7) is 6.70. The molecule has 0 saturated heterocycles. The van der Waals surface area contributed by atoms with Crippen molar-refractivity contribution in [2.45, 2.75) is 20.8 Å². The molecule has 0 aliphatic carbocycles. The zero-order valence-corrected chi connectivity index (χ0v) is 16.0. The van der Waals surface area contributed by atoms with Gasteiger partial charge >= 0.3 is 0 Å². The fourth-order valence-corrected chi connectivity index (χ4v) is 3.02. The van der Waals surface area contributed by atoms with E-state index in [1.54, 1.807) is 11.3 Å². The smallest absolute Gasteiger partial charge is 0.244 e. The summed E-state index contributed by atoms with van der Waals surface area (Å²) < 4.78 is 1.83. The van der Waals surface area contributed by atoms with Gasteiger partial charge in [0, 0.05) is 13.6 Å². The Morgan fingerprint density at radius 1 is 1.24 bits per heavy atom. The standard InChI is InChI=1S/C19H25N5S/c1-5-8-9-11-15(6-2)14-21-18-22-19(20-4)24(23-18)16(7-3)17-12-10-13-25-17/h5-13H,14H2,1-4H3,(H2,20,21,22,23)/b8-5-,11-9-,15-6+,16-7-. The average Bonchev–Trinajstić information content (AvgIpc) is 3.29. The monoisotopic (exact) mass is 355 g/mol. The predicted octanol–water partition coefficient (Wildman–Crippen LogP) is 4.78. The molecule has 2 N–H and O–H groups in total. The van der Waals surface area contributed by atoms with Crippen LogP contribution in [0.4, 0.5) is 11.9 Å². The Kier molecular flexibility index (Phi) is 7.22. The summed E-state index contributed by atoms with van der Waals surface area (Å²) in [7, 11) is 1.85. The van der Waals surface area contributed by atoms with Crippen LogP contribution in [0, 0.1) is 0 Å². The second-order valence-electron chi connectivity index (χ2n) is 5.17. The van der Waals surface area contributed by atoms with Gasteiger partial charge in [-0.2, -0.15) is 9.67 Å². The van der Waals surface area contributed by atoms with Gasteiger partial charge < -0.3 is 10.6 Å². The minimum Gasteiger partial charge on any atom is -0.357 e. The second-order valence-corrected chi connectivity index (χ2v) is 6.12. The van der Waals surface area contributed by atoms with Crippen molar-refractivity contribution in [3.8, 4) is 0 Å². The number of allylic oxidation sites excluding steroid dienone is 5. The maximum atomic E-state index is 4.62. The summed E-state index contributed by atoms with van der Waals surface area (Å²) >= 11 is 1.68. The molecule has 132 valence electrons. The molecule has 0 radical (unpaired) electrons. The second kappa shape index (κ2) is 9.64. The summed E-state index contributed by atoms with van der Waals surface area (Å²) in [4.78, 5) is 5.69. The first-order chi connectivity index (χ1) is 12.2. The molecule has 0 aliphatic rings. The van der Waals surface area contributed by atoms with Crippen molar-refractivity contribution < 1.29 is 0 Å². The zero-order chi connectivity index (χ0) is 18.1. The highest BCUT2D eigenvalue weighted by molar-refractivity contribution is 7.11. The maximum absolute atomic E-state index is 4.62. The first-order valence-corrected chi connectivity index (χ1v) is 9.15. The topological polar surface area (TPSA) is 54.8 Å². The van der Waals surface area contributed by atoms with Crippen LogP contribution in [-0.2, 0) is 0 Å². The molecule has 2 rings (SSSR count). The molecule has 2 heterocycles. The van der Waals surface area contributed by atoms with E-state index in [2.05, 4.69) is 44.3 Å². The maximum Gasteiger partial charge on any atom is 0.244 e. The molecule has 0 saturated carbocycles. The number of hydrogen-bond acceptors (Lipinski definition) is 5. The van der Waals surface area contributed by atoms with Crippen molar-refractivity contribution in [2.24, 2.45) is 0 Å². The number of anilines is 2. The van der Waals surface area contributed by atoms with Crippen LogP contribution < -0.4 is 10.6 Å². The number of nitrogens with one attached hydrogen (secondary N) is 2. The molecule has 0 fully saturated rings. The summed E-state index contributed by atoms with van der Waals surface area (Å²) in [5.74, 6) is 1.30. The molecule has 0 aromatic carbocycles. The van der Waals surface area contributed by atoms with E-state index in [9.17, 15) is 0 Å². The Morgan fingerprint density at radius 2 is 2.08 bits per heavy atom. The molecular weight excluding hydrogens is 330 g/mol. The van der Waals surface area contributed by atoms with Gasteiger partial charge in [-0.1, -0.05) is 42.5 Å². The average molecular weight is 356 g/mol. The van der Waals surface area contributed by atoms with Crippen LogP contribution in [0.15, 0.2) is 59.5 Å². The molecule has 25 heavy (non-hydrogen) atoms. The third-order valence-corrected chi connectivity index (χ3v) is 4.43. The van der Waals surface area contributed by atoms with Gasteiger partial charge in [0.1, 0.15) is 0 Å². The molecule has 0 amide bonds. The largest absolute Gasteiger partial charge is 0.357 e. The van der Waals surface area contributed by atoms with Gasteiger partial charge in [-0.15, -0.1) is 16.4 Å². The van der Waals surface area contributed by atoms with Crippen molar-refractivity contribution in [1.82, 2.24) is 14.8 Å². The van der Waals surface area contributed by atoms with Gasteiger partial charge in [-0.05, 0) is 37.8 Å². The zero-order valence-electron chi connectivity index (χ0n) is 15.2. The summed E-state index contributed by atoms with van der Waals surface area (Å²) in [5, 5.41) is 13.1. The van der Waals surface area contributed by atoms with E-state index in [1.165, 1.54) is 5.57 Å². The number of rotatable bonds is 8. The first kappa shape index (κ1) is 18.7. The Bertz CT molecular complexity index is 779. The van der Waals surface area contributed by atoms with Gasteiger partial charge in [0.05, 0.1) is 10.6 Å². The predicted molar refractivity (Wildman–Crippen MR) is 109 cm³/mol. The molecule has 6 heteroatoms. The number of nitrogens with zero attached hydrogens (tertiary/aromatic N) is 3. The Hall–Kier alpha value is -2.60. The summed E-state index contributed by atoms with van der Waals surface area (Å²) in [6, 6.07) is 4.12. The Labute approximate surface area is 153 Å². The van der Waals surface area contributed by atoms with Crippen molar-refractivity contribution >= 4 is 28.9 Å². The highest BCUT2D eigenvalue weighted by Crippen LogP contribution is 2.25. The van der Waals surface area contributed by atoms with Crippen LogP contribution >= 0.6 is 11.3 Å². The van der Waals surface area contributed by atoms with E-state index in [0.29, 0.717) is 18.4 Å². The SMILES string of the molecule is C\C=C/C=C\C(=C/C)CNc1nc(NC)n(/C(=C\C)c2cccs2)n1. The van der Waals surface area contributed by atoms with E-state index in [0.717, 1.165) is 10.6 Å². The molecule has 0 aliphatic heterocycles. The Balaban J connectivity index is 2.17. The van der Waals surface area contributed by atoms with Crippen molar-refractivity contribution in [2.75, 3.05) is 24.2 Å². The third kappa shape index (κ3) is 4.93. The fraction of sp³-hybridized carbons (Fsp3) is 0.263. The lowest BCUT2D eigenvalue weighted by Crippen LogP contribution is -2.06. The van der Waals surface area contributed by atoms with Crippen LogP contribution in [0.25, 0.3) is 5.70 Å². The van der Waals surface area contributed by atoms with Crippen LogP contribution in [0.2, 0.25) is 0 Å². The molecular formula is C19H25N5S. The van der Waals surface area contributed by atoms with Crippen LogP contribution in [-0.4, -0.2) is 28.4 Å². The molecule has 0 spiro atoms. The lowest BCUT2D eigenvalue weighted by molar-refractivity contribution is 0.908. The minimum atomic E-state index is 0.596. The van der Waals surface area contributed by atoms with Crippen molar-refractivity contribution in [3.05, 3.63) is 64.4 Å². The lowest BCUT2D eigenvalue weighted by atomic mass is 10.2. The van der Waals surface area contributed by atoms with E-state index < -0.39 is 0 Å².